The highest BCUT2D eigenvalue weighted by Crippen LogP contribution is 2.34. The van der Waals surface area contributed by atoms with Gasteiger partial charge in [0, 0.05) is 34.9 Å². The highest BCUT2D eigenvalue weighted by molar-refractivity contribution is 6.31. The summed E-state index contributed by atoms with van der Waals surface area (Å²) >= 11 is 6.20. The zero-order chi connectivity index (χ0) is 21.2. The Balaban J connectivity index is 1.38. The molecule has 1 amide bonds. The van der Waals surface area contributed by atoms with Gasteiger partial charge < -0.3 is 15.7 Å². The number of anilines is 1. The summed E-state index contributed by atoms with van der Waals surface area (Å²) in [6, 6.07) is 6.05. The van der Waals surface area contributed by atoms with Crippen LogP contribution in [-0.4, -0.2) is 29.3 Å². The van der Waals surface area contributed by atoms with E-state index in [1.165, 1.54) is 73.7 Å². The van der Waals surface area contributed by atoms with E-state index >= 15 is 0 Å². The van der Waals surface area contributed by atoms with Crippen LogP contribution >= 0.6 is 11.6 Å². The monoisotopic (exact) mass is 431 g/mol. The fourth-order valence-corrected chi connectivity index (χ4v) is 4.49. The Morgan fingerprint density at radius 3 is 2.37 bits per heavy atom. The number of aromatic nitrogens is 1. The fraction of sp³-hybridized carbons (Fsp3) is 0.583. The largest absolute Gasteiger partial charge is 0.465 e. The zero-order valence-electron chi connectivity index (χ0n) is 17.8. The lowest BCUT2D eigenvalue weighted by atomic mass is 9.92. The Morgan fingerprint density at radius 2 is 1.63 bits per heavy atom. The number of aryl methyl sites for hydroxylation is 1. The number of fused-ring (bicyclic) bond motifs is 2. The summed E-state index contributed by atoms with van der Waals surface area (Å²) in [7, 11) is 0. The van der Waals surface area contributed by atoms with Gasteiger partial charge in [0.2, 0.25) is 0 Å². The number of carbonyl (C=O) groups is 1. The van der Waals surface area contributed by atoms with Crippen molar-refractivity contribution in [3.05, 3.63) is 34.5 Å². The molecule has 6 heteroatoms. The maximum absolute atomic E-state index is 10.4. The summed E-state index contributed by atoms with van der Waals surface area (Å²) in [6.45, 7) is 1.57. The van der Waals surface area contributed by atoms with Gasteiger partial charge in [-0.2, -0.15) is 0 Å². The summed E-state index contributed by atoms with van der Waals surface area (Å²) in [5, 5.41) is 16.6. The van der Waals surface area contributed by atoms with Crippen LogP contribution in [-0.2, 0) is 12.8 Å². The van der Waals surface area contributed by atoms with Gasteiger partial charge in [0.1, 0.15) is 0 Å². The number of nitrogens with zero attached hydrogens (tertiary/aromatic N) is 1. The van der Waals surface area contributed by atoms with Crippen LogP contribution in [0.4, 0.5) is 10.5 Å². The SMILES string of the molecule is O=C(O)NCCCCCCCCCCNc1c2c(nc3cc(Cl)ccc13)CCCC2. The van der Waals surface area contributed by atoms with E-state index in [1.54, 1.807) is 0 Å². The number of unbranched alkanes of at least 4 members (excludes halogenated alkanes) is 7. The van der Waals surface area contributed by atoms with Gasteiger partial charge in [-0.05, 0) is 62.3 Å². The van der Waals surface area contributed by atoms with Crippen LogP contribution in [0.1, 0.15) is 75.5 Å². The molecule has 0 unspecified atom stereocenters. The van der Waals surface area contributed by atoms with Gasteiger partial charge in [0.25, 0.3) is 0 Å². The molecule has 2 aromatic rings. The Morgan fingerprint density at radius 1 is 0.967 bits per heavy atom. The van der Waals surface area contributed by atoms with Gasteiger partial charge in [-0.1, -0.05) is 50.1 Å². The molecule has 3 rings (SSSR count). The maximum Gasteiger partial charge on any atom is 0.404 e. The second-order valence-electron chi connectivity index (χ2n) is 8.27. The number of halogens is 1. The van der Waals surface area contributed by atoms with Crippen LogP contribution in [0, 0.1) is 0 Å². The number of hydrogen-bond acceptors (Lipinski definition) is 3. The van der Waals surface area contributed by atoms with Crippen LogP contribution in [0.5, 0.6) is 0 Å². The smallest absolute Gasteiger partial charge is 0.404 e. The van der Waals surface area contributed by atoms with Crippen molar-refractivity contribution in [1.29, 1.82) is 0 Å². The van der Waals surface area contributed by atoms with Crippen molar-refractivity contribution in [2.75, 3.05) is 18.4 Å². The predicted molar refractivity (Wildman–Crippen MR) is 125 cm³/mol. The van der Waals surface area contributed by atoms with Crippen molar-refractivity contribution in [1.82, 2.24) is 10.3 Å². The third-order valence-electron chi connectivity index (χ3n) is 5.91. The summed E-state index contributed by atoms with van der Waals surface area (Å²) in [5.74, 6) is 0. The Labute approximate surface area is 184 Å². The Hall–Kier alpha value is -2.01. The molecule has 0 bridgehead atoms. The minimum atomic E-state index is -0.923. The first kappa shape index (κ1) is 22.7. The van der Waals surface area contributed by atoms with E-state index in [9.17, 15) is 4.79 Å². The van der Waals surface area contributed by atoms with Crippen molar-refractivity contribution >= 4 is 34.3 Å². The third-order valence-corrected chi connectivity index (χ3v) is 6.14. The second kappa shape index (κ2) is 12.0. The summed E-state index contributed by atoms with van der Waals surface area (Å²) < 4.78 is 0. The Bertz CT molecular complexity index is 841. The molecule has 0 atom stereocenters. The molecule has 30 heavy (non-hydrogen) atoms. The van der Waals surface area contributed by atoms with Gasteiger partial charge in [-0.15, -0.1) is 0 Å². The number of carboxylic acid groups (broad SMARTS) is 1. The summed E-state index contributed by atoms with van der Waals surface area (Å²) in [5.41, 5.74) is 4.94. The van der Waals surface area contributed by atoms with Crippen LogP contribution < -0.4 is 10.6 Å². The molecule has 3 N–H and O–H groups in total. The number of benzene rings is 1. The molecule has 1 aromatic carbocycles. The fourth-order valence-electron chi connectivity index (χ4n) is 4.32. The van der Waals surface area contributed by atoms with Crippen molar-refractivity contribution in [2.45, 2.75) is 77.0 Å². The maximum atomic E-state index is 10.4. The number of hydrogen-bond donors (Lipinski definition) is 3. The minimum Gasteiger partial charge on any atom is -0.465 e. The molecule has 1 aliphatic carbocycles. The molecular weight excluding hydrogens is 398 g/mol. The van der Waals surface area contributed by atoms with Crippen LogP contribution in [0.3, 0.4) is 0 Å². The first-order chi connectivity index (χ1) is 14.6. The molecule has 1 aromatic heterocycles. The first-order valence-electron chi connectivity index (χ1n) is 11.5. The molecule has 5 nitrogen and oxygen atoms in total. The van der Waals surface area contributed by atoms with Gasteiger partial charge in [-0.3, -0.25) is 4.98 Å². The molecule has 0 aliphatic heterocycles. The van der Waals surface area contributed by atoms with Crippen molar-refractivity contribution in [3.63, 3.8) is 0 Å². The zero-order valence-corrected chi connectivity index (χ0v) is 18.6. The number of pyridine rings is 1. The highest BCUT2D eigenvalue weighted by Gasteiger charge is 2.18. The lowest BCUT2D eigenvalue weighted by Gasteiger charge is -2.22. The summed E-state index contributed by atoms with van der Waals surface area (Å²) in [4.78, 5) is 15.3. The molecule has 0 spiro atoms. The standard InChI is InChI=1S/C24H34ClN3O2/c25-18-13-14-20-22(17-18)28-21-12-8-7-11-19(21)23(20)26-15-9-5-3-1-2-4-6-10-16-27-24(29)30/h13-14,17,27H,1-12,15-16H2,(H,26,28)(H,29,30). The lowest BCUT2D eigenvalue weighted by molar-refractivity contribution is 0.194. The average molecular weight is 432 g/mol. The molecule has 164 valence electrons. The average Bonchev–Trinajstić information content (AvgIpc) is 2.73. The van der Waals surface area contributed by atoms with E-state index < -0.39 is 6.09 Å². The normalized spacial score (nSPS) is 13.2. The molecular formula is C24H34ClN3O2. The van der Waals surface area contributed by atoms with Gasteiger partial charge in [0.15, 0.2) is 0 Å². The molecule has 0 saturated carbocycles. The molecule has 1 heterocycles. The van der Waals surface area contributed by atoms with Crippen LogP contribution in [0.15, 0.2) is 18.2 Å². The van der Waals surface area contributed by atoms with E-state index in [0.717, 1.165) is 42.8 Å². The van der Waals surface area contributed by atoms with Crippen molar-refractivity contribution in [3.8, 4) is 0 Å². The van der Waals surface area contributed by atoms with Crippen molar-refractivity contribution in [2.24, 2.45) is 0 Å². The quantitative estimate of drug-likeness (QED) is 0.332. The molecule has 0 radical (unpaired) electrons. The van der Waals surface area contributed by atoms with Gasteiger partial charge in [-0.25, -0.2) is 4.79 Å². The second-order valence-corrected chi connectivity index (χ2v) is 8.70. The van der Waals surface area contributed by atoms with E-state index in [4.69, 9.17) is 21.7 Å². The predicted octanol–water partition coefficient (Wildman–Crippen LogP) is 6.57. The van der Waals surface area contributed by atoms with Gasteiger partial charge in [0.05, 0.1) is 5.52 Å². The van der Waals surface area contributed by atoms with Crippen LogP contribution in [0.25, 0.3) is 10.9 Å². The number of rotatable bonds is 12. The lowest BCUT2D eigenvalue weighted by Crippen LogP contribution is -2.21. The van der Waals surface area contributed by atoms with Crippen LogP contribution in [0.2, 0.25) is 5.02 Å². The molecule has 1 aliphatic rings. The first-order valence-corrected chi connectivity index (χ1v) is 11.8. The number of amides is 1. The Kier molecular flexibility index (Phi) is 9.06. The molecule has 0 saturated heterocycles. The van der Waals surface area contributed by atoms with Gasteiger partial charge >= 0.3 is 6.09 Å². The third kappa shape index (κ3) is 6.76. The van der Waals surface area contributed by atoms with E-state index in [2.05, 4.69) is 16.7 Å². The molecule has 0 fully saturated rings. The highest BCUT2D eigenvalue weighted by atomic mass is 35.5. The van der Waals surface area contributed by atoms with E-state index in [-0.39, 0.29) is 0 Å². The minimum absolute atomic E-state index is 0.570. The van der Waals surface area contributed by atoms with E-state index in [1.807, 2.05) is 12.1 Å². The topological polar surface area (TPSA) is 74.2 Å². The summed E-state index contributed by atoms with van der Waals surface area (Å²) in [6.07, 6.45) is 13.1. The number of nitrogens with one attached hydrogen (secondary N) is 2. The van der Waals surface area contributed by atoms with E-state index in [0.29, 0.717) is 6.54 Å². The van der Waals surface area contributed by atoms with Crippen molar-refractivity contribution < 1.29 is 9.90 Å².